The van der Waals surface area contributed by atoms with Crippen molar-refractivity contribution in [2.45, 2.75) is 25.5 Å². The van der Waals surface area contributed by atoms with Crippen molar-refractivity contribution >= 4 is 18.7 Å². The number of rotatable bonds is 7. The fourth-order valence-corrected chi connectivity index (χ4v) is 6.39. The molecule has 0 aliphatic rings. The van der Waals surface area contributed by atoms with Crippen LogP contribution in [0.2, 0.25) is 6.04 Å². The van der Waals surface area contributed by atoms with Gasteiger partial charge in [0.05, 0.1) is 6.07 Å². The molecule has 3 heteroatoms. The molecule has 2 aromatic carbocycles. The highest BCUT2D eigenvalue weighted by atomic mass is 28.4. The van der Waals surface area contributed by atoms with Crippen LogP contribution in [0.4, 0.5) is 0 Å². The summed E-state index contributed by atoms with van der Waals surface area (Å²) in [5.41, 5.74) is 0. The van der Waals surface area contributed by atoms with Gasteiger partial charge < -0.3 is 4.43 Å². The average Bonchev–Trinajstić information content (AvgIpc) is 2.60. The van der Waals surface area contributed by atoms with E-state index in [1.807, 2.05) is 49.4 Å². The normalized spacial score (nSPS) is 12.4. The summed E-state index contributed by atoms with van der Waals surface area (Å²) in [6.07, 6.45) is 2.20. The van der Waals surface area contributed by atoms with Crippen molar-refractivity contribution in [2.75, 3.05) is 0 Å². The first-order valence-electron chi connectivity index (χ1n) is 7.56. The van der Waals surface area contributed by atoms with Gasteiger partial charge in [-0.15, -0.1) is 6.58 Å². The molecule has 0 aliphatic carbocycles. The van der Waals surface area contributed by atoms with Gasteiger partial charge in [-0.05, 0) is 22.8 Å². The summed E-state index contributed by atoms with van der Waals surface area (Å²) in [4.78, 5) is 0. The fraction of sp³-hybridized carbons (Fsp3) is 0.211. The molecule has 0 N–H and O–H groups in total. The standard InChI is InChI=1S/C19H21NOSi/c1-3-15-22(21-17(4-2)16-20,18-11-7-5-8-12-18)19-13-9-6-10-14-19/h3,5-14,17H,1,4,15H2,2H3. The van der Waals surface area contributed by atoms with Crippen LogP contribution in [-0.2, 0) is 4.43 Å². The van der Waals surface area contributed by atoms with Gasteiger partial charge in [0.1, 0.15) is 6.10 Å². The molecule has 112 valence electrons. The van der Waals surface area contributed by atoms with Crippen molar-refractivity contribution in [3.63, 3.8) is 0 Å². The van der Waals surface area contributed by atoms with Crippen molar-refractivity contribution in [1.29, 1.82) is 5.26 Å². The third kappa shape index (κ3) is 3.36. The molecule has 1 unspecified atom stereocenters. The van der Waals surface area contributed by atoms with Gasteiger partial charge in [0.15, 0.2) is 0 Å². The number of hydrogen-bond acceptors (Lipinski definition) is 2. The highest BCUT2D eigenvalue weighted by molar-refractivity contribution is 6.97. The zero-order valence-corrected chi connectivity index (χ0v) is 13.9. The molecule has 0 bridgehead atoms. The maximum absolute atomic E-state index is 9.37. The molecule has 0 saturated carbocycles. The van der Waals surface area contributed by atoms with E-state index in [0.717, 1.165) is 6.04 Å². The van der Waals surface area contributed by atoms with E-state index in [2.05, 4.69) is 36.9 Å². The van der Waals surface area contributed by atoms with E-state index in [9.17, 15) is 5.26 Å². The SMILES string of the molecule is C=CC[Si](OC(C#N)CC)(c1ccccc1)c1ccccc1. The van der Waals surface area contributed by atoms with Gasteiger partial charge in [0, 0.05) is 0 Å². The molecule has 1 atom stereocenters. The minimum absolute atomic E-state index is 0.396. The van der Waals surface area contributed by atoms with E-state index in [-0.39, 0.29) is 0 Å². The van der Waals surface area contributed by atoms with E-state index in [1.54, 1.807) is 0 Å². The second-order valence-electron chi connectivity index (χ2n) is 5.20. The Morgan fingerprint density at radius 1 is 1.09 bits per heavy atom. The summed E-state index contributed by atoms with van der Waals surface area (Å²) < 4.78 is 6.46. The van der Waals surface area contributed by atoms with Gasteiger partial charge in [-0.25, -0.2) is 0 Å². The van der Waals surface area contributed by atoms with Gasteiger partial charge in [-0.3, -0.25) is 0 Å². The summed E-state index contributed by atoms with van der Waals surface area (Å²) in [6.45, 7) is 5.91. The highest BCUT2D eigenvalue weighted by Crippen LogP contribution is 2.17. The van der Waals surface area contributed by atoms with Crippen LogP contribution in [0, 0.1) is 11.3 Å². The van der Waals surface area contributed by atoms with E-state index in [1.165, 1.54) is 10.4 Å². The summed E-state index contributed by atoms with van der Waals surface area (Å²) >= 11 is 0. The van der Waals surface area contributed by atoms with Crippen molar-refractivity contribution in [1.82, 2.24) is 0 Å². The van der Waals surface area contributed by atoms with Crippen LogP contribution >= 0.6 is 0 Å². The fourth-order valence-electron chi connectivity index (χ4n) is 2.65. The summed E-state index contributed by atoms with van der Waals surface area (Å²) in [5, 5.41) is 11.7. The molecule has 0 saturated heterocycles. The molecule has 0 aliphatic heterocycles. The lowest BCUT2D eigenvalue weighted by Crippen LogP contribution is -2.61. The summed E-state index contributed by atoms with van der Waals surface area (Å²) in [7, 11) is -2.49. The van der Waals surface area contributed by atoms with Crippen LogP contribution < -0.4 is 10.4 Å². The maximum Gasteiger partial charge on any atom is 0.261 e. The lowest BCUT2D eigenvalue weighted by atomic mass is 10.3. The largest absolute Gasteiger partial charge is 0.392 e. The molecule has 0 radical (unpaired) electrons. The Balaban J connectivity index is 2.59. The molecular formula is C19H21NOSi. The molecule has 2 rings (SSSR count). The second kappa shape index (κ2) is 7.74. The number of nitriles is 1. The molecule has 0 aromatic heterocycles. The van der Waals surface area contributed by atoms with Crippen LogP contribution in [0.15, 0.2) is 73.3 Å². The number of allylic oxidation sites excluding steroid dienone is 1. The second-order valence-corrected chi connectivity index (χ2v) is 8.65. The first-order valence-corrected chi connectivity index (χ1v) is 9.67. The molecular weight excluding hydrogens is 286 g/mol. The maximum atomic E-state index is 9.37. The van der Waals surface area contributed by atoms with Gasteiger partial charge in [-0.1, -0.05) is 73.7 Å². The van der Waals surface area contributed by atoms with Gasteiger partial charge in [0.25, 0.3) is 8.32 Å². The van der Waals surface area contributed by atoms with Crippen molar-refractivity contribution in [3.8, 4) is 6.07 Å². The smallest absolute Gasteiger partial charge is 0.261 e. The van der Waals surface area contributed by atoms with Crippen molar-refractivity contribution in [3.05, 3.63) is 73.3 Å². The zero-order valence-electron chi connectivity index (χ0n) is 12.9. The minimum atomic E-state index is -2.49. The topological polar surface area (TPSA) is 33.0 Å². The molecule has 2 nitrogen and oxygen atoms in total. The summed E-state index contributed by atoms with van der Waals surface area (Å²) in [5.74, 6) is 0. The number of nitrogens with zero attached hydrogens (tertiary/aromatic N) is 1. The van der Waals surface area contributed by atoms with Crippen molar-refractivity contribution < 1.29 is 4.43 Å². The lowest BCUT2D eigenvalue weighted by molar-refractivity contribution is 0.249. The van der Waals surface area contributed by atoms with Crippen LogP contribution in [0.25, 0.3) is 0 Å². The number of benzene rings is 2. The van der Waals surface area contributed by atoms with E-state index in [0.29, 0.717) is 6.42 Å². The third-order valence-corrected chi connectivity index (χ3v) is 7.85. The van der Waals surface area contributed by atoms with Crippen LogP contribution in [-0.4, -0.2) is 14.4 Å². The zero-order chi connectivity index (χ0) is 15.8. The molecule has 22 heavy (non-hydrogen) atoms. The van der Waals surface area contributed by atoms with Gasteiger partial charge >= 0.3 is 0 Å². The molecule has 0 fully saturated rings. The Morgan fingerprint density at radius 3 is 1.95 bits per heavy atom. The Morgan fingerprint density at radius 2 is 1.59 bits per heavy atom. The van der Waals surface area contributed by atoms with Gasteiger partial charge in [0.2, 0.25) is 0 Å². The third-order valence-electron chi connectivity index (χ3n) is 3.77. The van der Waals surface area contributed by atoms with Crippen molar-refractivity contribution in [2.24, 2.45) is 0 Å². The Kier molecular flexibility index (Phi) is 5.71. The summed E-state index contributed by atoms with van der Waals surface area (Å²) in [6, 6.07) is 23.6. The van der Waals surface area contributed by atoms with E-state index >= 15 is 0 Å². The lowest BCUT2D eigenvalue weighted by Gasteiger charge is -2.33. The first-order chi connectivity index (χ1) is 10.8. The Bertz CT molecular complexity index is 594. The average molecular weight is 307 g/mol. The Labute approximate surface area is 133 Å². The highest BCUT2D eigenvalue weighted by Gasteiger charge is 2.40. The monoisotopic (exact) mass is 307 g/mol. The van der Waals surface area contributed by atoms with E-state index < -0.39 is 14.4 Å². The van der Waals surface area contributed by atoms with Crippen LogP contribution in [0.5, 0.6) is 0 Å². The van der Waals surface area contributed by atoms with Gasteiger partial charge in [-0.2, -0.15) is 5.26 Å². The van der Waals surface area contributed by atoms with E-state index in [4.69, 9.17) is 4.43 Å². The predicted molar refractivity (Wildman–Crippen MR) is 93.7 cm³/mol. The minimum Gasteiger partial charge on any atom is -0.392 e. The quantitative estimate of drug-likeness (QED) is 0.581. The Hall–Kier alpha value is -2.15. The molecule has 2 aromatic rings. The van der Waals surface area contributed by atoms with Crippen LogP contribution in [0.3, 0.4) is 0 Å². The molecule has 0 amide bonds. The first kappa shape index (κ1) is 16.2. The number of hydrogen-bond donors (Lipinski definition) is 0. The molecule has 0 spiro atoms. The van der Waals surface area contributed by atoms with Crippen LogP contribution in [0.1, 0.15) is 13.3 Å². The molecule has 0 heterocycles. The predicted octanol–water partition coefficient (Wildman–Crippen LogP) is 3.25.